The summed E-state index contributed by atoms with van der Waals surface area (Å²) in [4.78, 5) is 11.9. The summed E-state index contributed by atoms with van der Waals surface area (Å²) in [7, 11) is -3.95. The second-order valence-corrected chi connectivity index (χ2v) is 7.05. The Hall–Kier alpha value is -2.38. The summed E-state index contributed by atoms with van der Waals surface area (Å²) in [5.74, 6) is -0.616. The molecule has 0 spiro atoms. The molecular formula is C15H14ClN3O3S. The fourth-order valence-electron chi connectivity index (χ4n) is 1.70. The van der Waals surface area contributed by atoms with Gasteiger partial charge in [-0.25, -0.2) is 13.8 Å². The average Bonchev–Trinajstić information content (AvgIpc) is 2.52. The van der Waals surface area contributed by atoms with Gasteiger partial charge in [0.2, 0.25) is 15.0 Å². The maximum atomic E-state index is 12.2. The molecule has 2 aromatic carbocycles. The first-order valence-electron chi connectivity index (χ1n) is 6.51. The van der Waals surface area contributed by atoms with Crippen LogP contribution in [0.3, 0.4) is 0 Å². The molecule has 0 aromatic heterocycles. The van der Waals surface area contributed by atoms with Crippen LogP contribution >= 0.6 is 11.6 Å². The molecule has 0 bridgehead atoms. The molecule has 0 atom stereocenters. The van der Waals surface area contributed by atoms with Crippen molar-refractivity contribution in [1.29, 1.82) is 0 Å². The summed E-state index contributed by atoms with van der Waals surface area (Å²) in [5, 5.41) is 3.14. The lowest BCUT2D eigenvalue weighted by Gasteiger charge is -2.05. The molecule has 8 heteroatoms. The molecule has 6 nitrogen and oxygen atoms in total. The Kier molecular flexibility index (Phi) is 5.02. The van der Waals surface area contributed by atoms with E-state index in [2.05, 4.69) is 10.5 Å². The number of amidine groups is 1. The number of nitrogens with zero attached hydrogens (tertiary/aromatic N) is 1. The number of nitrogens with one attached hydrogen (secondary N) is 1. The molecule has 0 fully saturated rings. The zero-order valence-electron chi connectivity index (χ0n) is 12.2. The Labute approximate surface area is 138 Å². The lowest BCUT2D eigenvalue weighted by Crippen LogP contribution is -2.29. The van der Waals surface area contributed by atoms with Gasteiger partial charge in [-0.3, -0.25) is 4.79 Å². The van der Waals surface area contributed by atoms with Crippen molar-refractivity contribution in [2.45, 2.75) is 11.8 Å². The number of rotatable bonds is 3. The van der Waals surface area contributed by atoms with Gasteiger partial charge in [-0.05, 0) is 37.3 Å². The summed E-state index contributed by atoms with van der Waals surface area (Å²) in [6.07, 6.45) is 0. The van der Waals surface area contributed by atoms with E-state index < -0.39 is 20.9 Å². The largest absolute Gasteiger partial charge is 0.372 e. The minimum atomic E-state index is -3.95. The van der Waals surface area contributed by atoms with Crippen LogP contribution in [0.5, 0.6) is 0 Å². The molecule has 1 amide bonds. The van der Waals surface area contributed by atoms with E-state index >= 15 is 0 Å². The average molecular weight is 352 g/mol. The maximum absolute atomic E-state index is 12.2. The summed E-state index contributed by atoms with van der Waals surface area (Å²) in [5.41, 5.74) is 8.75. The van der Waals surface area contributed by atoms with Crippen molar-refractivity contribution in [1.82, 2.24) is 5.43 Å². The molecule has 2 aromatic rings. The minimum Gasteiger partial charge on any atom is -0.372 e. The fraction of sp³-hybridized carbons (Fsp3) is 0.0667. The van der Waals surface area contributed by atoms with Crippen molar-refractivity contribution in [3.05, 3.63) is 64.7 Å². The number of carbonyl (C=O) groups is 1. The highest BCUT2D eigenvalue weighted by Crippen LogP contribution is 2.12. The summed E-state index contributed by atoms with van der Waals surface area (Å²) in [6.45, 7) is 1.83. The third kappa shape index (κ3) is 4.08. The van der Waals surface area contributed by atoms with Gasteiger partial charge in [0.15, 0.2) is 0 Å². The molecule has 0 unspecified atom stereocenters. The van der Waals surface area contributed by atoms with Crippen molar-refractivity contribution in [2.24, 2.45) is 10.8 Å². The van der Waals surface area contributed by atoms with E-state index in [1.807, 2.05) is 6.92 Å². The molecule has 0 aliphatic rings. The SMILES string of the molecule is Cc1ccc(S(=O)(=O)/C(N)=N\NC(=O)c2cccc(Cl)c2)cc1. The molecule has 120 valence electrons. The van der Waals surface area contributed by atoms with Gasteiger partial charge in [0.25, 0.3) is 5.91 Å². The molecule has 0 radical (unpaired) electrons. The van der Waals surface area contributed by atoms with Crippen LogP contribution in [0.2, 0.25) is 5.02 Å². The van der Waals surface area contributed by atoms with Gasteiger partial charge < -0.3 is 5.73 Å². The number of carbonyl (C=O) groups excluding carboxylic acids is 1. The Morgan fingerprint density at radius 1 is 1.17 bits per heavy atom. The van der Waals surface area contributed by atoms with Crippen LogP contribution in [-0.4, -0.2) is 19.5 Å². The van der Waals surface area contributed by atoms with Crippen molar-refractivity contribution in [3.63, 3.8) is 0 Å². The third-order valence-electron chi connectivity index (χ3n) is 2.96. The van der Waals surface area contributed by atoms with Crippen LogP contribution in [0.15, 0.2) is 58.5 Å². The molecular weight excluding hydrogens is 338 g/mol. The van der Waals surface area contributed by atoms with Crippen molar-refractivity contribution < 1.29 is 13.2 Å². The Morgan fingerprint density at radius 3 is 2.43 bits per heavy atom. The molecule has 0 saturated carbocycles. The van der Waals surface area contributed by atoms with Crippen molar-refractivity contribution >= 4 is 32.5 Å². The van der Waals surface area contributed by atoms with Gasteiger partial charge in [0.1, 0.15) is 0 Å². The maximum Gasteiger partial charge on any atom is 0.271 e. The number of sulfone groups is 1. The van der Waals surface area contributed by atoms with Crippen LogP contribution in [0.1, 0.15) is 15.9 Å². The topological polar surface area (TPSA) is 102 Å². The Bertz CT molecular complexity index is 862. The number of hydrogen-bond acceptors (Lipinski definition) is 4. The lowest BCUT2D eigenvalue weighted by molar-refractivity contribution is 0.0955. The Balaban J connectivity index is 2.19. The smallest absolute Gasteiger partial charge is 0.271 e. The van der Waals surface area contributed by atoms with E-state index in [4.69, 9.17) is 17.3 Å². The second-order valence-electron chi connectivity index (χ2n) is 4.72. The lowest BCUT2D eigenvalue weighted by atomic mass is 10.2. The van der Waals surface area contributed by atoms with Crippen LogP contribution in [-0.2, 0) is 9.84 Å². The number of nitrogens with two attached hydrogens (primary N) is 1. The van der Waals surface area contributed by atoms with Crippen molar-refractivity contribution in [2.75, 3.05) is 0 Å². The molecule has 2 rings (SSSR count). The number of amides is 1. The zero-order valence-corrected chi connectivity index (χ0v) is 13.7. The van der Waals surface area contributed by atoms with Gasteiger partial charge in [0, 0.05) is 10.6 Å². The Morgan fingerprint density at radius 2 is 1.83 bits per heavy atom. The summed E-state index contributed by atoms with van der Waals surface area (Å²) in [6, 6.07) is 12.3. The minimum absolute atomic E-state index is 0.00125. The zero-order chi connectivity index (χ0) is 17.0. The number of halogens is 1. The molecule has 0 aliphatic carbocycles. The predicted molar refractivity (Wildman–Crippen MR) is 88.9 cm³/mol. The number of aryl methyl sites for hydroxylation is 1. The van der Waals surface area contributed by atoms with E-state index in [-0.39, 0.29) is 10.5 Å². The molecule has 0 saturated heterocycles. The number of benzene rings is 2. The van der Waals surface area contributed by atoms with E-state index in [0.29, 0.717) is 5.02 Å². The first-order valence-corrected chi connectivity index (χ1v) is 8.37. The van der Waals surface area contributed by atoms with Crippen LogP contribution in [0, 0.1) is 6.92 Å². The summed E-state index contributed by atoms with van der Waals surface area (Å²) >= 11 is 5.78. The van der Waals surface area contributed by atoms with E-state index in [1.54, 1.807) is 24.3 Å². The molecule has 0 aliphatic heterocycles. The molecule has 0 heterocycles. The quantitative estimate of drug-likeness (QED) is 0.502. The van der Waals surface area contributed by atoms with Gasteiger partial charge in [-0.1, -0.05) is 35.4 Å². The van der Waals surface area contributed by atoms with Gasteiger partial charge in [0.05, 0.1) is 4.90 Å². The summed E-state index contributed by atoms with van der Waals surface area (Å²) < 4.78 is 24.4. The van der Waals surface area contributed by atoms with Gasteiger partial charge in [-0.2, -0.15) is 0 Å². The van der Waals surface area contributed by atoms with E-state index in [1.165, 1.54) is 24.3 Å². The van der Waals surface area contributed by atoms with E-state index in [9.17, 15) is 13.2 Å². The highest BCUT2D eigenvalue weighted by Gasteiger charge is 2.20. The first kappa shape index (κ1) is 17.0. The first-order chi connectivity index (χ1) is 10.8. The van der Waals surface area contributed by atoms with Crippen molar-refractivity contribution in [3.8, 4) is 0 Å². The highest BCUT2D eigenvalue weighted by molar-refractivity contribution is 8.06. The highest BCUT2D eigenvalue weighted by atomic mass is 35.5. The monoisotopic (exact) mass is 351 g/mol. The number of hydrazone groups is 1. The third-order valence-corrected chi connectivity index (χ3v) is 4.73. The fourth-order valence-corrected chi connectivity index (χ4v) is 2.79. The normalized spacial score (nSPS) is 12.0. The van der Waals surface area contributed by atoms with Crippen LogP contribution < -0.4 is 11.2 Å². The van der Waals surface area contributed by atoms with Gasteiger partial charge >= 0.3 is 0 Å². The number of hydrogen-bond donors (Lipinski definition) is 2. The molecule has 3 N–H and O–H groups in total. The molecule has 23 heavy (non-hydrogen) atoms. The standard InChI is InChI=1S/C15H14ClN3O3S/c1-10-5-7-13(8-6-10)23(21,22)15(17)19-18-14(20)11-3-2-4-12(16)9-11/h2-9H,1H3,(H2,17,19)(H,18,20). The van der Waals surface area contributed by atoms with Gasteiger partial charge in [-0.15, -0.1) is 5.10 Å². The second kappa shape index (κ2) is 6.80. The van der Waals surface area contributed by atoms with E-state index in [0.717, 1.165) is 5.56 Å². The van der Waals surface area contributed by atoms with Crippen LogP contribution in [0.25, 0.3) is 0 Å². The van der Waals surface area contributed by atoms with Crippen LogP contribution in [0.4, 0.5) is 0 Å². The predicted octanol–water partition coefficient (Wildman–Crippen LogP) is 2.08.